The van der Waals surface area contributed by atoms with Gasteiger partial charge in [-0.1, -0.05) is 18.2 Å². The van der Waals surface area contributed by atoms with Crippen LogP contribution in [0.4, 0.5) is 5.69 Å². The lowest BCUT2D eigenvalue weighted by atomic mass is 10.1. The van der Waals surface area contributed by atoms with E-state index in [4.69, 9.17) is 4.74 Å². The van der Waals surface area contributed by atoms with Crippen molar-refractivity contribution in [1.29, 1.82) is 0 Å². The molecule has 6 heteroatoms. The average molecular weight is 326 g/mol. The molecule has 1 atom stereocenters. The number of amides is 1. The first-order chi connectivity index (χ1) is 11.7. The van der Waals surface area contributed by atoms with Gasteiger partial charge in [0.25, 0.3) is 5.91 Å². The summed E-state index contributed by atoms with van der Waals surface area (Å²) in [5.74, 6) is 0.341. The lowest BCUT2D eigenvalue weighted by Crippen LogP contribution is -2.40. The van der Waals surface area contributed by atoms with Crippen molar-refractivity contribution in [3.8, 4) is 5.88 Å². The second kappa shape index (κ2) is 5.94. The van der Waals surface area contributed by atoms with Crippen molar-refractivity contribution in [3.63, 3.8) is 0 Å². The summed E-state index contributed by atoms with van der Waals surface area (Å²) in [5.41, 5.74) is 2.72. The number of ether oxygens (including phenoxy) is 1. The minimum absolute atomic E-state index is 0.0406. The van der Waals surface area contributed by atoms with Crippen LogP contribution in [-0.4, -0.2) is 46.8 Å². The lowest BCUT2D eigenvalue weighted by Gasteiger charge is -2.26. The number of carbonyl (C=O) groups is 1. The van der Waals surface area contributed by atoms with Crippen LogP contribution < -0.4 is 9.64 Å². The minimum atomic E-state index is -0.0406. The fraction of sp³-hybridized carbons (Fsp3) is 0.444. The number of fused-ring (bicyclic) bond motifs is 2. The Morgan fingerprint density at radius 2 is 2.17 bits per heavy atom. The van der Waals surface area contributed by atoms with Crippen molar-refractivity contribution in [3.05, 3.63) is 41.6 Å². The highest BCUT2D eigenvalue weighted by Gasteiger charge is 2.34. The average Bonchev–Trinajstić information content (AvgIpc) is 3.15. The Labute approximate surface area is 141 Å². The smallest absolute Gasteiger partial charge is 0.265 e. The Hall–Kier alpha value is -2.34. The Balaban J connectivity index is 1.76. The summed E-state index contributed by atoms with van der Waals surface area (Å²) in [7, 11) is 3.35. The molecule has 6 nitrogen and oxygen atoms in total. The van der Waals surface area contributed by atoms with E-state index in [2.05, 4.69) is 16.1 Å². The van der Waals surface area contributed by atoms with E-state index in [9.17, 15) is 4.79 Å². The van der Waals surface area contributed by atoms with Crippen LogP contribution in [0.15, 0.2) is 30.5 Å². The van der Waals surface area contributed by atoms with Crippen LogP contribution in [0, 0.1) is 0 Å². The van der Waals surface area contributed by atoms with Crippen molar-refractivity contribution in [1.82, 2.24) is 14.7 Å². The molecule has 0 bridgehead atoms. The number of aromatic nitrogens is 2. The quantitative estimate of drug-likeness (QED) is 0.847. The number of anilines is 1. The molecule has 0 aliphatic carbocycles. The molecule has 3 heterocycles. The molecular weight excluding hydrogens is 304 g/mol. The monoisotopic (exact) mass is 326 g/mol. The van der Waals surface area contributed by atoms with Gasteiger partial charge in [-0.05, 0) is 31.0 Å². The second-order valence-corrected chi connectivity index (χ2v) is 6.54. The van der Waals surface area contributed by atoms with E-state index in [1.54, 1.807) is 25.0 Å². The number of aryl methyl sites for hydroxylation is 1. The molecule has 1 unspecified atom stereocenters. The third kappa shape index (κ3) is 2.47. The maximum Gasteiger partial charge on any atom is 0.265 e. The molecule has 1 fully saturated rings. The normalized spacial score (nSPS) is 20.4. The molecule has 1 saturated heterocycles. The number of nitrogens with zero attached hydrogens (tertiary/aromatic N) is 4. The Morgan fingerprint density at radius 1 is 1.33 bits per heavy atom. The highest BCUT2D eigenvalue weighted by Crippen LogP contribution is 2.33. The molecule has 1 aromatic carbocycles. The van der Waals surface area contributed by atoms with Gasteiger partial charge >= 0.3 is 0 Å². The predicted molar refractivity (Wildman–Crippen MR) is 91.3 cm³/mol. The Morgan fingerprint density at radius 3 is 3.00 bits per heavy atom. The summed E-state index contributed by atoms with van der Waals surface area (Å²) < 4.78 is 6.92. The lowest BCUT2D eigenvalue weighted by molar-refractivity contribution is 0.0978. The number of rotatable bonds is 2. The molecular formula is C18H22N4O2. The zero-order chi connectivity index (χ0) is 16.7. The molecule has 126 valence electrons. The maximum atomic E-state index is 13.3. The summed E-state index contributed by atoms with van der Waals surface area (Å²) in [6.07, 6.45) is 4.08. The van der Waals surface area contributed by atoms with Gasteiger partial charge in [-0.3, -0.25) is 14.4 Å². The first-order valence-corrected chi connectivity index (χ1v) is 8.39. The van der Waals surface area contributed by atoms with Crippen molar-refractivity contribution in [2.24, 2.45) is 7.05 Å². The van der Waals surface area contributed by atoms with Crippen LogP contribution in [0.2, 0.25) is 0 Å². The maximum absolute atomic E-state index is 13.3. The summed E-state index contributed by atoms with van der Waals surface area (Å²) in [6.45, 7) is 2.74. The molecule has 2 aromatic rings. The Bertz CT molecular complexity index is 770. The van der Waals surface area contributed by atoms with Crippen molar-refractivity contribution < 1.29 is 9.53 Å². The van der Waals surface area contributed by atoms with Gasteiger partial charge in [-0.2, -0.15) is 0 Å². The van der Waals surface area contributed by atoms with Crippen LogP contribution in [0.3, 0.4) is 0 Å². The third-order valence-electron chi connectivity index (χ3n) is 5.01. The number of carbonyl (C=O) groups excluding carboxylic acids is 1. The van der Waals surface area contributed by atoms with E-state index < -0.39 is 0 Å². The van der Waals surface area contributed by atoms with E-state index in [0.717, 1.165) is 25.2 Å². The highest BCUT2D eigenvalue weighted by molar-refractivity contribution is 6.08. The minimum Gasteiger partial charge on any atom is -0.479 e. The summed E-state index contributed by atoms with van der Waals surface area (Å²) in [6, 6.07) is 8.62. The van der Waals surface area contributed by atoms with Crippen LogP contribution in [0.25, 0.3) is 0 Å². The zero-order valence-electron chi connectivity index (χ0n) is 14.1. The SMILES string of the molecule is COc1nn(C)cc1C(=O)N1CC2CCCN2Cc2ccccc21. The highest BCUT2D eigenvalue weighted by atomic mass is 16.5. The number of hydrogen-bond acceptors (Lipinski definition) is 4. The summed E-state index contributed by atoms with van der Waals surface area (Å²) in [4.78, 5) is 17.7. The van der Waals surface area contributed by atoms with Gasteiger partial charge in [-0.25, -0.2) is 0 Å². The first-order valence-electron chi connectivity index (χ1n) is 8.39. The van der Waals surface area contributed by atoms with Gasteiger partial charge in [0.15, 0.2) is 0 Å². The van der Waals surface area contributed by atoms with Gasteiger partial charge in [0.2, 0.25) is 5.88 Å². The number of benzene rings is 1. The third-order valence-corrected chi connectivity index (χ3v) is 5.01. The molecule has 0 N–H and O–H groups in total. The van der Waals surface area contributed by atoms with Gasteiger partial charge in [0.05, 0.1) is 7.11 Å². The zero-order valence-corrected chi connectivity index (χ0v) is 14.1. The number of methoxy groups -OCH3 is 1. The van der Waals surface area contributed by atoms with Crippen LogP contribution in [0.5, 0.6) is 5.88 Å². The molecule has 1 aromatic heterocycles. The molecule has 2 aliphatic heterocycles. The van der Waals surface area contributed by atoms with Crippen LogP contribution in [-0.2, 0) is 13.6 Å². The molecule has 24 heavy (non-hydrogen) atoms. The molecule has 0 saturated carbocycles. The van der Waals surface area contributed by atoms with Crippen molar-refractivity contribution >= 4 is 11.6 Å². The topological polar surface area (TPSA) is 50.6 Å². The van der Waals surface area contributed by atoms with E-state index >= 15 is 0 Å². The molecule has 0 spiro atoms. The number of hydrogen-bond donors (Lipinski definition) is 0. The van der Waals surface area contributed by atoms with Gasteiger partial charge < -0.3 is 9.64 Å². The first kappa shape index (κ1) is 15.2. The van der Waals surface area contributed by atoms with Crippen molar-refractivity contribution in [2.45, 2.75) is 25.4 Å². The van der Waals surface area contributed by atoms with E-state index in [1.165, 1.54) is 12.0 Å². The van der Waals surface area contributed by atoms with E-state index in [1.807, 2.05) is 23.1 Å². The standard InChI is InChI=1S/C18H22N4O2/c1-20-12-15(17(19-20)24-2)18(23)22-11-14-7-5-9-21(14)10-13-6-3-4-8-16(13)22/h3-4,6,8,12,14H,5,7,9-11H2,1-2H3. The predicted octanol–water partition coefficient (Wildman–Crippen LogP) is 2.05. The van der Waals surface area contributed by atoms with E-state index in [-0.39, 0.29) is 5.91 Å². The van der Waals surface area contributed by atoms with E-state index in [0.29, 0.717) is 24.0 Å². The molecule has 1 amide bonds. The van der Waals surface area contributed by atoms with Gasteiger partial charge in [-0.15, -0.1) is 5.10 Å². The van der Waals surface area contributed by atoms with Gasteiger partial charge in [0, 0.05) is 38.1 Å². The fourth-order valence-corrected chi connectivity index (χ4v) is 3.85. The number of para-hydroxylation sites is 1. The molecule has 0 radical (unpaired) electrons. The molecule has 4 rings (SSSR count). The fourth-order valence-electron chi connectivity index (χ4n) is 3.85. The van der Waals surface area contributed by atoms with Crippen molar-refractivity contribution in [2.75, 3.05) is 25.1 Å². The van der Waals surface area contributed by atoms with Gasteiger partial charge in [0.1, 0.15) is 5.56 Å². The summed E-state index contributed by atoms with van der Waals surface area (Å²) >= 11 is 0. The largest absolute Gasteiger partial charge is 0.479 e. The van der Waals surface area contributed by atoms with Crippen LogP contribution >= 0.6 is 0 Å². The second-order valence-electron chi connectivity index (χ2n) is 6.54. The Kier molecular flexibility index (Phi) is 3.76. The summed E-state index contributed by atoms with van der Waals surface area (Å²) in [5, 5.41) is 4.23. The molecule has 2 aliphatic rings. The van der Waals surface area contributed by atoms with Crippen LogP contribution in [0.1, 0.15) is 28.8 Å².